The van der Waals surface area contributed by atoms with Crippen molar-refractivity contribution < 1.29 is 4.42 Å². The number of alkyl halides is 1. The van der Waals surface area contributed by atoms with Crippen LogP contribution in [0.2, 0.25) is 0 Å². The molecule has 0 N–H and O–H groups in total. The Morgan fingerprint density at radius 3 is 3.00 bits per heavy atom. The summed E-state index contributed by atoms with van der Waals surface area (Å²) in [6.45, 7) is 2.19. The molecule has 1 aliphatic rings. The zero-order valence-electron chi connectivity index (χ0n) is 7.09. The first kappa shape index (κ1) is 8.11. The van der Waals surface area contributed by atoms with Crippen molar-refractivity contribution in [3.63, 3.8) is 0 Å². The Bertz CT molecular complexity index is 267. The molecular weight excluding hydrogens is 174 g/mol. The molecule has 1 saturated carbocycles. The molecule has 0 amide bonds. The van der Waals surface area contributed by atoms with Crippen molar-refractivity contribution in [3.8, 4) is 0 Å². The number of hydrogen-bond acceptors (Lipinski definition) is 2. The lowest BCUT2D eigenvalue weighted by Crippen LogP contribution is -1.92. The van der Waals surface area contributed by atoms with Gasteiger partial charge < -0.3 is 4.42 Å². The Kier molecular flexibility index (Phi) is 2.09. The molecule has 0 radical (unpaired) electrons. The van der Waals surface area contributed by atoms with Crippen LogP contribution in [-0.2, 0) is 5.88 Å². The van der Waals surface area contributed by atoms with Crippen molar-refractivity contribution in [1.29, 1.82) is 0 Å². The molecule has 0 bridgehead atoms. The van der Waals surface area contributed by atoms with E-state index in [-0.39, 0.29) is 0 Å². The third-order valence-corrected chi connectivity index (χ3v) is 2.69. The minimum Gasteiger partial charge on any atom is -0.444 e. The lowest BCUT2D eigenvalue weighted by molar-refractivity contribution is 0.427. The molecule has 2 nitrogen and oxygen atoms in total. The van der Waals surface area contributed by atoms with Gasteiger partial charge in [-0.1, -0.05) is 6.92 Å². The van der Waals surface area contributed by atoms with Crippen molar-refractivity contribution in [2.45, 2.75) is 31.6 Å². The van der Waals surface area contributed by atoms with Gasteiger partial charge in [0.25, 0.3) is 0 Å². The monoisotopic (exact) mass is 185 g/mol. The van der Waals surface area contributed by atoms with E-state index in [0.717, 1.165) is 11.7 Å². The number of oxazole rings is 1. The minimum atomic E-state index is 0.372. The summed E-state index contributed by atoms with van der Waals surface area (Å²) in [7, 11) is 0. The number of rotatable bonds is 3. The van der Waals surface area contributed by atoms with Gasteiger partial charge in [-0.25, -0.2) is 4.98 Å². The molecule has 1 aromatic heterocycles. The van der Waals surface area contributed by atoms with Gasteiger partial charge in [-0.05, 0) is 18.8 Å². The van der Waals surface area contributed by atoms with E-state index in [1.165, 1.54) is 12.8 Å². The van der Waals surface area contributed by atoms with Gasteiger partial charge in [0, 0.05) is 5.92 Å². The van der Waals surface area contributed by atoms with Gasteiger partial charge >= 0.3 is 0 Å². The molecule has 1 fully saturated rings. The standard InChI is InChI=1S/C9H12ClNO/c1-6(7-2-3-7)8-5-11-9(4-10)12-8/h5-7H,2-4H2,1H3. The molecule has 1 atom stereocenters. The summed E-state index contributed by atoms with van der Waals surface area (Å²) in [5.74, 6) is 3.35. The van der Waals surface area contributed by atoms with Crippen LogP contribution in [0, 0.1) is 5.92 Å². The maximum Gasteiger partial charge on any atom is 0.209 e. The number of hydrogen-bond donors (Lipinski definition) is 0. The molecule has 0 aromatic carbocycles. The lowest BCUT2D eigenvalue weighted by atomic mass is 10.0. The predicted molar refractivity (Wildman–Crippen MR) is 47.2 cm³/mol. The van der Waals surface area contributed by atoms with Crippen LogP contribution in [0.5, 0.6) is 0 Å². The largest absolute Gasteiger partial charge is 0.444 e. The molecule has 1 unspecified atom stereocenters. The van der Waals surface area contributed by atoms with E-state index in [1.807, 2.05) is 0 Å². The molecule has 0 saturated heterocycles. The Hall–Kier alpha value is -0.500. The maximum absolute atomic E-state index is 5.58. The average molecular weight is 186 g/mol. The van der Waals surface area contributed by atoms with Gasteiger partial charge in [-0.15, -0.1) is 11.6 Å². The fourth-order valence-electron chi connectivity index (χ4n) is 1.43. The Labute approximate surface area is 76.9 Å². The molecule has 1 heterocycles. The van der Waals surface area contributed by atoms with Gasteiger partial charge in [0.2, 0.25) is 5.89 Å². The van der Waals surface area contributed by atoms with E-state index >= 15 is 0 Å². The van der Waals surface area contributed by atoms with E-state index < -0.39 is 0 Å². The second-order valence-electron chi connectivity index (χ2n) is 3.42. The second kappa shape index (κ2) is 3.09. The van der Waals surface area contributed by atoms with Crippen LogP contribution >= 0.6 is 11.6 Å². The van der Waals surface area contributed by atoms with Crippen LogP contribution in [0.3, 0.4) is 0 Å². The topological polar surface area (TPSA) is 26.0 Å². The summed E-state index contributed by atoms with van der Waals surface area (Å²) in [4.78, 5) is 4.07. The normalized spacial score (nSPS) is 19.5. The van der Waals surface area contributed by atoms with Gasteiger partial charge in [-0.2, -0.15) is 0 Å². The highest BCUT2D eigenvalue weighted by atomic mass is 35.5. The van der Waals surface area contributed by atoms with E-state index in [4.69, 9.17) is 16.0 Å². The van der Waals surface area contributed by atoms with Crippen LogP contribution in [0.25, 0.3) is 0 Å². The summed E-state index contributed by atoms with van der Waals surface area (Å²) < 4.78 is 5.45. The Morgan fingerprint density at radius 1 is 1.75 bits per heavy atom. The highest BCUT2D eigenvalue weighted by molar-refractivity contribution is 6.16. The smallest absolute Gasteiger partial charge is 0.209 e. The zero-order valence-corrected chi connectivity index (χ0v) is 7.84. The van der Waals surface area contributed by atoms with Crippen molar-refractivity contribution in [1.82, 2.24) is 4.98 Å². The van der Waals surface area contributed by atoms with Crippen molar-refractivity contribution in [2.24, 2.45) is 5.92 Å². The quantitative estimate of drug-likeness (QED) is 0.677. The van der Waals surface area contributed by atoms with E-state index in [0.29, 0.717) is 17.7 Å². The average Bonchev–Trinajstić information content (AvgIpc) is 2.82. The van der Waals surface area contributed by atoms with E-state index in [1.54, 1.807) is 6.20 Å². The van der Waals surface area contributed by atoms with E-state index in [9.17, 15) is 0 Å². The fraction of sp³-hybridized carbons (Fsp3) is 0.667. The molecule has 3 heteroatoms. The molecule has 0 spiro atoms. The highest BCUT2D eigenvalue weighted by Crippen LogP contribution is 2.42. The molecule has 1 aromatic rings. The van der Waals surface area contributed by atoms with Gasteiger partial charge in [0.05, 0.1) is 12.1 Å². The lowest BCUT2D eigenvalue weighted by Gasteiger charge is -2.03. The Morgan fingerprint density at radius 2 is 2.50 bits per heavy atom. The summed E-state index contributed by atoms with van der Waals surface area (Å²) in [6.07, 6.45) is 4.47. The summed E-state index contributed by atoms with van der Waals surface area (Å²) >= 11 is 5.58. The molecule has 0 aliphatic heterocycles. The predicted octanol–water partition coefficient (Wildman–Crippen LogP) is 2.93. The van der Waals surface area contributed by atoms with Gasteiger partial charge in [-0.3, -0.25) is 0 Å². The Balaban J connectivity index is 2.10. The zero-order chi connectivity index (χ0) is 8.55. The summed E-state index contributed by atoms with van der Waals surface area (Å²) in [6, 6.07) is 0. The maximum atomic E-state index is 5.58. The molecule has 2 rings (SSSR count). The second-order valence-corrected chi connectivity index (χ2v) is 3.68. The van der Waals surface area contributed by atoms with Gasteiger partial charge in [0.15, 0.2) is 0 Å². The van der Waals surface area contributed by atoms with Crippen molar-refractivity contribution in [2.75, 3.05) is 0 Å². The van der Waals surface area contributed by atoms with Crippen LogP contribution in [0.15, 0.2) is 10.6 Å². The first-order chi connectivity index (χ1) is 5.81. The summed E-state index contributed by atoms with van der Waals surface area (Å²) in [5, 5.41) is 0. The molecular formula is C9H12ClNO. The van der Waals surface area contributed by atoms with Crippen LogP contribution in [0.4, 0.5) is 0 Å². The third kappa shape index (κ3) is 1.48. The highest BCUT2D eigenvalue weighted by Gasteiger charge is 2.31. The molecule has 1 aliphatic carbocycles. The van der Waals surface area contributed by atoms with E-state index in [2.05, 4.69) is 11.9 Å². The first-order valence-corrected chi connectivity index (χ1v) is 4.85. The first-order valence-electron chi connectivity index (χ1n) is 4.32. The SMILES string of the molecule is CC(c1cnc(CCl)o1)C1CC1. The van der Waals surface area contributed by atoms with Crippen LogP contribution < -0.4 is 0 Å². The minimum absolute atomic E-state index is 0.372. The fourth-order valence-corrected chi connectivity index (χ4v) is 1.55. The number of aromatic nitrogens is 1. The van der Waals surface area contributed by atoms with Crippen LogP contribution in [-0.4, -0.2) is 4.98 Å². The number of nitrogens with zero attached hydrogens (tertiary/aromatic N) is 1. The van der Waals surface area contributed by atoms with Gasteiger partial charge in [0.1, 0.15) is 5.76 Å². The molecule has 66 valence electrons. The summed E-state index contributed by atoms with van der Waals surface area (Å²) in [5.41, 5.74) is 0. The van der Waals surface area contributed by atoms with Crippen LogP contribution in [0.1, 0.15) is 37.3 Å². The van der Waals surface area contributed by atoms with Crippen molar-refractivity contribution >= 4 is 11.6 Å². The molecule has 12 heavy (non-hydrogen) atoms. The van der Waals surface area contributed by atoms with Crippen molar-refractivity contribution in [3.05, 3.63) is 17.8 Å². The number of halogens is 1. The third-order valence-electron chi connectivity index (χ3n) is 2.46.